The molecule has 0 aromatic carbocycles. The molecule has 0 atom stereocenters. The highest BCUT2D eigenvalue weighted by Crippen LogP contribution is 2.05. The average Bonchev–Trinajstić information content (AvgIpc) is 2.05. The van der Waals surface area contributed by atoms with Crippen LogP contribution in [0, 0.1) is 0 Å². The molecule has 2 N–H and O–H groups in total. The normalized spacial score (nSPS) is 10.3. The van der Waals surface area contributed by atoms with Crippen molar-refractivity contribution in [3.05, 3.63) is 23.3 Å². The van der Waals surface area contributed by atoms with Gasteiger partial charge in [-0.15, -0.1) is 0 Å². The van der Waals surface area contributed by atoms with E-state index < -0.39 is 0 Å². The Kier molecular flexibility index (Phi) is 14.0. The second kappa shape index (κ2) is 12.4. The average molecular weight is 200 g/mol. The van der Waals surface area contributed by atoms with Crippen LogP contribution < -0.4 is 0 Å². The molecule has 0 spiro atoms. The zero-order valence-electron chi connectivity index (χ0n) is 9.88. The molecule has 0 aromatic rings. The molecule has 0 fully saturated rings. The second-order valence-corrected chi connectivity index (χ2v) is 3.37. The van der Waals surface area contributed by atoms with Gasteiger partial charge in [-0.05, 0) is 40.5 Å². The maximum absolute atomic E-state index is 8.55. The van der Waals surface area contributed by atoms with Crippen LogP contribution >= 0.6 is 0 Å². The first-order valence-electron chi connectivity index (χ1n) is 5.09. The fourth-order valence-electron chi connectivity index (χ4n) is 0.846. The van der Waals surface area contributed by atoms with Gasteiger partial charge in [-0.2, -0.15) is 0 Å². The molecule has 0 heterocycles. The standard InChI is InChI=1S/C10H18O.C2H6O/c1-9(2)5-4-6-10(3)7-8-11;1-2-3/h5,7,11H,4,6,8H2,1-3H3;3H,2H2,1H3/b10-7-;. The maximum Gasteiger partial charge on any atom is 0.0614 e. The van der Waals surface area contributed by atoms with E-state index >= 15 is 0 Å². The van der Waals surface area contributed by atoms with Crippen molar-refractivity contribution in [3.8, 4) is 0 Å². The molecule has 0 radical (unpaired) electrons. The van der Waals surface area contributed by atoms with Crippen LogP contribution in [0.3, 0.4) is 0 Å². The Bertz CT molecular complexity index is 165. The topological polar surface area (TPSA) is 40.5 Å². The SMILES string of the molecule is CC(C)=CCC/C(C)=C\CO.CCO. The molecule has 0 amide bonds. The number of hydrogen-bond acceptors (Lipinski definition) is 2. The zero-order chi connectivity index (χ0) is 11.4. The summed E-state index contributed by atoms with van der Waals surface area (Å²) in [7, 11) is 0. The van der Waals surface area contributed by atoms with Gasteiger partial charge in [0.1, 0.15) is 0 Å². The highest BCUT2D eigenvalue weighted by Gasteiger charge is 1.86. The number of aliphatic hydroxyl groups is 2. The molecule has 0 bridgehead atoms. The third-order valence-electron chi connectivity index (χ3n) is 1.53. The van der Waals surface area contributed by atoms with Crippen molar-refractivity contribution in [2.75, 3.05) is 13.2 Å². The van der Waals surface area contributed by atoms with E-state index in [1.807, 2.05) is 6.08 Å². The first kappa shape index (κ1) is 15.9. The minimum Gasteiger partial charge on any atom is -0.397 e. The maximum atomic E-state index is 8.55. The fourth-order valence-corrected chi connectivity index (χ4v) is 0.846. The summed E-state index contributed by atoms with van der Waals surface area (Å²) in [5, 5.41) is 16.1. The Labute approximate surface area is 88.0 Å². The summed E-state index contributed by atoms with van der Waals surface area (Å²) >= 11 is 0. The lowest BCUT2D eigenvalue weighted by Gasteiger charge is -1.96. The van der Waals surface area contributed by atoms with Gasteiger partial charge in [0.15, 0.2) is 0 Å². The van der Waals surface area contributed by atoms with E-state index in [1.54, 1.807) is 6.92 Å². The number of aliphatic hydroxyl groups excluding tert-OH is 2. The predicted molar refractivity (Wildman–Crippen MR) is 62.3 cm³/mol. The first-order chi connectivity index (χ1) is 6.58. The van der Waals surface area contributed by atoms with Crippen molar-refractivity contribution < 1.29 is 10.2 Å². The third kappa shape index (κ3) is 17.5. The Morgan fingerprint density at radius 1 is 1.07 bits per heavy atom. The summed E-state index contributed by atoms with van der Waals surface area (Å²) in [5.74, 6) is 0. The predicted octanol–water partition coefficient (Wildman–Crippen LogP) is 2.67. The van der Waals surface area contributed by atoms with Crippen molar-refractivity contribution in [1.29, 1.82) is 0 Å². The van der Waals surface area contributed by atoms with Gasteiger partial charge in [0.2, 0.25) is 0 Å². The van der Waals surface area contributed by atoms with Gasteiger partial charge >= 0.3 is 0 Å². The molecule has 0 aliphatic rings. The van der Waals surface area contributed by atoms with Crippen molar-refractivity contribution >= 4 is 0 Å². The molecule has 14 heavy (non-hydrogen) atoms. The Morgan fingerprint density at radius 3 is 1.93 bits per heavy atom. The van der Waals surface area contributed by atoms with Crippen LogP contribution in [0.2, 0.25) is 0 Å². The number of allylic oxidation sites excluding steroid dienone is 3. The van der Waals surface area contributed by atoms with Crippen molar-refractivity contribution in [3.63, 3.8) is 0 Å². The van der Waals surface area contributed by atoms with Crippen LogP contribution in [0.25, 0.3) is 0 Å². The van der Waals surface area contributed by atoms with E-state index in [1.165, 1.54) is 11.1 Å². The highest BCUT2D eigenvalue weighted by molar-refractivity contribution is 5.01. The van der Waals surface area contributed by atoms with E-state index in [-0.39, 0.29) is 13.2 Å². The van der Waals surface area contributed by atoms with E-state index in [2.05, 4.69) is 26.8 Å². The van der Waals surface area contributed by atoms with E-state index in [0.717, 1.165) is 12.8 Å². The zero-order valence-corrected chi connectivity index (χ0v) is 9.88. The first-order valence-corrected chi connectivity index (χ1v) is 5.09. The molecular weight excluding hydrogens is 176 g/mol. The Balaban J connectivity index is 0. The van der Waals surface area contributed by atoms with Crippen molar-refractivity contribution in [1.82, 2.24) is 0 Å². The Hall–Kier alpha value is -0.600. The second-order valence-electron chi connectivity index (χ2n) is 3.37. The molecule has 2 nitrogen and oxygen atoms in total. The lowest BCUT2D eigenvalue weighted by atomic mass is 10.1. The lowest BCUT2D eigenvalue weighted by Crippen LogP contribution is -1.80. The summed E-state index contributed by atoms with van der Waals surface area (Å²) < 4.78 is 0. The van der Waals surface area contributed by atoms with Crippen molar-refractivity contribution in [2.45, 2.75) is 40.5 Å². The minimum absolute atomic E-state index is 0.167. The number of rotatable bonds is 4. The Morgan fingerprint density at radius 2 is 1.57 bits per heavy atom. The number of hydrogen-bond donors (Lipinski definition) is 2. The summed E-state index contributed by atoms with van der Waals surface area (Å²) in [5.41, 5.74) is 2.63. The van der Waals surface area contributed by atoms with Crippen molar-refractivity contribution in [2.24, 2.45) is 0 Å². The molecule has 0 aliphatic heterocycles. The van der Waals surface area contributed by atoms with Gasteiger partial charge in [-0.25, -0.2) is 0 Å². The van der Waals surface area contributed by atoms with E-state index in [0.29, 0.717) is 0 Å². The van der Waals surface area contributed by atoms with Gasteiger partial charge in [0, 0.05) is 6.61 Å². The summed E-state index contributed by atoms with van der Waals surface area (Å²) in [6.07, 6.45) is 6.23. The molecule has 2 heteroatoms. The molecule has 0 unspecified atom stereocenters. The molecular formula is C12H24O2. The molecule has 0 saturated heterocycles. The van der Waals surface area contributed by atoms with Crippen LogP contribution in [0.4, 0.5) is 0 Å². The highest BCUT2D eigenvalue weighted by atomic mass is 16.3. The van der Waals surface area contributed by atoms with Crippen LogP contribution in [0.15, 0.2) is 23.3 Å². The molecule has 0 rings (SSSR count). The summed E-state index contributed by atoms with van der Waals surface area (Å²) in [4.78, 5) is 0. The molecule has 0 aliphatic carbocycles. The van der Waals surface area contributed by atoms with Gasteiger partial charge in [-0.1, -0.05) is 23.3 Å². The van der Waals surface area contributed by atoms with Crippen LogP contribution in [0.1, 0.15) is 40.5 Å². The molecule has 0 aromatic heterocycles. The van der Waals surface area contributed by atoms with E-state index in [4.69, 9.17) is 10.2 Å². The molecule has 84 valence electrons. The lowest BCUT2D eigenvalue weighted by molar-refractivity contribution is 0.318. The van der Waals surface area contributed by atoms with Gasteiger partial charge < -0.3 is 10.2 Å². The minimum atomic E-state index is 0.167. The van der Waals surface area contributed by atoms with E-state index in [9.17, 15) is 0 Å². The fraction of sp³-hybridized carbons (Fsp3) is 0.667. The monoisotopic (exact) mass is 200 g/mol. The summed E-state index contributed by atoms with van der Waals surface area (Å²) in [6.45, 7) is 8.35. The quantitative estimate of drug-likeness (QED) is 0.685. The smallest absolute Gasteiger partial charge is 0.0614 e. The van der Waals surface area contributed by atoms with Gasteiger partial charge in [0.25, 0.3) is 0 Å². The van der Waals surface area contributed by atoms with Gasteiger partial charge in [-0.3, -0.25) is 0 Å². The van der Waals surface area contributed by atoms with Crippen LogP contribution in [-0.2, 0) is 0 Å². The van der Waals surface area contributed by atoms with Gasteiger partial charge in [0.05, 0.1) is 6.61 Å². The molecule has 0 saturated carbocycles. The summed E-state index contributed by atoms with van der Waals surface area (Å²) in [6, 6.07) is 0. The van der Waals surface area contributed by atoms with Crippen LogP contribution in [-0.4, -0.2) is 23.4 Å². The van der Waals surface area contributed by atoms with Crippen LogP contribution in [0.5, 0.6) is 0 Å². The third-order valence-corrected chi connectivity index (χ3v) is 1.53. The largest absolute Gasteiger partial charge is 0.397 e.